The molecule has 4 aliphatic rings. The molecule has 21 heavy (non-hydrogen) atoms. The Morgan fingerprint density at radius 3 is 2.52 bits per heavy atom. The molecule has 4 aliphatic carbocycles. The Labute approximate surface area is 127 Å². The first-order chi connectivity index (χ1) is 10.1. The van der Waals surface area contributed by atoms with Gasteiger partial charge in [-0.2, -0.15) is 0 Å². The van der Waals surface area contributed by atoms with Gasteiger partial charge in [0.15, 0.2) is 0 Å². The molecule has 0 radical (unpaired) electrons. The lowest BCUT2D eigenvalue weighted by Crippen LogP contribution is -2.51. The first-order valence-corrected chi connectivity index (χ1v) is 8.77. The van der Waals surface area contributed by atoms with Crippen LogP contribution >= 0.6 is 0 Å². The van der Waals surface area contributed by atoms with Crippen molar-refractivity contribution >= 4 is 5.97 Å². The van der Waals surface area contributed by atoms with E-state index in [9.17, 15) is 4.79 Å². The summed E-state index contributed by atoms with van der Waals surface area (Å²) >= 11 is 0. The zero-order valence-corrected chi connectivity index (χ0v) is 13.5. The van der Waals surface area contributed by atoms with E-state index in [0.717, 1.165) is 36.0 Å². The molecule has 0 amide bonds. The topological polar surface area (TPSA) is 35.5 Å². The van der Waals surface area contributed by atoms with Crippen LogP contribution in [0, 0.1) is 41.4 Å². The summed E-state index contributed by atoms with van der Waals surface area (Å²) in [6.45, 7) is 4.57. The Kier molecular flexibility index (Phi) is 3.15. The fraction of sp³-hybridized carbons (Fsp3) is 0.944. The number of carbonyl (C=O) groups excluding carboxylic acids is 1. The van der Waals surface area contributed by atoms with Gasteiger partial charge in [-0.25, -0.2) is 4.79 Å². The van der Waals surface area contributed by atoms with Gasteiger partial charge in [0.2, 0.25) is 0 Å². The third-order valence-electron chi connectivity index (χ3n) is 7.36. The molecule has 0 aromatic carbocycles. The number of ether oxygens (including phenoxy) is 2. The predicted molar refractivity (Wildman–Crippen MR) is 79.6 cm³/mol. The third kappa shape index (κ3) is 1.79. The van der Waals surface area contributed by atoms with Gasteiger partial charge < -0.3 is 9.47 Å². The Morgan fingerprint density at radius 2 is 1.86 bits per heavy atom. The van der Waals surface area contributed by atoms with Gasteiger partial charge in [0.05, 0.1) is 0 Å². The summed E-state index contributed by atoms with van der Waals surface area (Å²) in [4.78, 5) is 12.1. The third-order valence-corrected chi connectivity index (χ3v) is 7.36. The highest BCUT2D eigenvalue weighted by Gasteiger charge is 2.68. The van der Waals surface area contributed by atoms with Gasteiger partial charge in [0.25, 0.3) is 0 Å². The molecular weight excluding hydrogens is 264 g/mol. The standard InChI is InChI=1S/C18H28O3/c1-10(2)18(21-15(19)9-20-3)8-13-7-14(18)17-12-5-4-11(6-12)16(13)17/h10-14,16-17H,4-9H2,1-3H3. The van der Waals surface area contributed by atoms with Crippen molar-refractivity contribution in [3.8, 4) is 0 Å². The maximum absolute atomic E-state index is 12.1. The van der Waals surface area contributed by atoms with Crippen molar-refractivity contribution in [2.24, 2.45) is 41.4 Å². The van der Waals surface area contributed by atoms with Crippen LogP contribution in [0.1, 0.15) is 46.0 Å². The number of hydrogen-bond donors (Lipinski definition) is 0. The van der Waals surface area contributed by atoms with Crippen LogP contribution in [0.5, 0.6) is 0 Å². The predicted octanol–water partition coefficient (Wildman–Crippen LogP) is 3.27. The zero-order chi connectivity index (χ0) is 14.8. The van der Waals surface area contributed by atoms with Crippen LogP contribution in [0.25, 0.3) is 0 Å². The monoisotopic (exact) mass is 292 g/mol. The number of esters is 1. The lowest BCUT2D eigenvalue weighted by atomic mass is 9.63. The molecule has 4 fully saturated rings. The molecule has 7 unspecified atom stereocenters. The zero-order valence-electron chi connectivity index (χ0n) is 13.5. The average Bonchev–Trinajstić information content (AvgIpc) is 3.16. The second-order valence-corrected chi connectivity index (χ2v) is 8.31. The minimum absolute atomic E-state index is 0.0893. The lowest BCUT2D eigenvalue weighted by Gasteiger charge is -2.48. The summed E-state index contributed by atoms with van der Waals surface area (Å²) in [5.74, 6) is 5.40. The largest absolute Gasteiger partial charge is 0.457 e. The van der Waals surface area contributed by atoms with Crippen molar-refractivity contribution in [2.45, 2.75) is 51.6 Å². The van der Waals surface area contributed by atoms with E-state index >= 15 is 0 Å². The van der Waals surface area contributed by atoms with Gasteiger partial charge >= 0.3 is 5.97 Å². The van der Waals surface area contributed by atoms with Gasteiger partial charge in [-0.05, 0) is 67.6 Å². The summed E-state index contributed by atoms with van der Waals surface area (Å²) in [5.41, 5.74) is -0.202. The second kappa shape index (κ2) is 4.71. The van der Waals surface area contributed by atoms with E-state index in [1.54, 1.807) is 7.11 Å². The SMILES string of the molecule is COCC(=O)OC1(C(C)C)CC2CC1C1C3CCC(C3)C21. The summed E-state index contributed by atoms with van der Waals surface area (Å²) in [5, 5.41) is 0. The number of fused-ring (bicyclic) bond motifs is 9. The van der Waals surface area contributed by atoms with Crippen LogP contribution < -0.4 is 0 Å². The van der Waals surface area contributed by atoms with Crippen LogP contribution in [0.2, 0.25) is 0 Å². The van der Waals surface area contributed by atoms with E-state index in [1.807, 2.05) is 0 Å². The van der Waals surface area contributed by atoms with Gasteiger partial charge in [-0.15, -0.1) is 0 Å². The Hall–Kier alpha value is -0.570. The lowest BCUT2D eigenvalue weighted by molar-refractivity contribution is -0.184. The Bertz CT molecular complexity index is 446. The van der Waals surface area contributed by atoms with E-state index in [0.29, 0.717) is 11.8 Å². The Balaban J connectivity index is 1.61. The molecule has 0 heterocycles. The molecule has 118 valence electrons. The van der Waals surface area contributed by atoms with Crippen LogP contribution in [0.15, 0.2) is 0 Å². The highest BCUT2D eigenvalue weighted by Crippen LogP contribution is 2.71. The minimum Gasteiger partial charge on any atom is -0.457 e. The fourth-order valence-corrected chi connectivity index (χ4v) is 6.88. The van der Waals surface area contributed by atoms with Crippen LogP contribution in [-0.2, 0) is 14.3 Å². The first-order valence-electron chi connectivity index (χ1n) is 8.77. The molecule has 4 saturated carbocycles. The maximum Gasteiger partial charge on any atom is 0.332 e. The molecule has 0 aromatic heterocycles. The van der Waals surface area contributed by atoms with E-state index < -0.39 is 0 Å². The second-order valence-electron chi connectivity index (χ2n) is 8.31. The summed E-state index contributed by atoms with van der Waals surface area (Å²) < 4.78 is 11.1. The number of carbonyl (C=O) groups is 1. The molecule has 0 aromatic rings. The molecule has 4 bridgehead atoms. The normalized spacial score (nSPS) is 49.9. The Morgan fingerprint density at radius 1 is 1.14 bits per heavy atom. The molecule has 3 heteroatoms. The van der Waals surface area contributed by atoms with E-state index in [1.165, 1.54) is 25.7 Å². The van der Waals surface area contributed by atoms with Crippen molar-refractivity contribution in [3.05, 3.63) is 0 Å². The molecule has 0 N–H and O–H groups in total. The van der Waals surface area contributed by atoms with Gasteiger partial charge in [-0.1, -0.05) is 13.8 Å². The van der Waals surface area contributed by atoms with Crippen LogP contribution in [0.4, 0.5) is 0 Å². The maximum atomic E-state index is 12.1. The molecule has 4 rings (SSSR count). The van der Waals surface area contributed by atoms with Crippen molar-refractivity contribution in [1.29, 1.82) is 0 Å². The highest BCUT2D eigenvalue weighted by molar-refractivity contribution is 5.71. The van der Waals surface area contributed by atoms with Crippen molar-refractivity contribution in [3.63, 3.8) is 0 Å². The van der Waals surface area contributed by atoms with Gasteiger partial charge in [-0.3, -0.25) is 0 Å². The molecule has 7 atom stereocenters. The van der Waals surface area contributed by atoms with E-state index in [2.05, 4.69) is 13.8 Å². The van der Waals surface area contributed by atoms with Gasteiger partial charge in [0, 0.05) is 13.0 Å². The fourth-order valence-electron chi connectivity index (χ4n) is 6.88. The number of hydrogen-bond acceptors (Lipinski definition) is 3. The first kappa shape index (κ1) is 14.0. The molecule has 0 spiro atoms. The average molecular weight is 292 g/mol. The molecule has 0 aliphatic heterocycles. The summed E-state index contributed by atoms with van der Waals surface area (Å²) in [6.07, 6.45) is 6.76. The van der Waals surface area contributed by atoms with Gasteiger partial charge in [0.1, 0.15) is 12.2 Å². The van der Waals surface area contributed by atoms with Crippen molar-refractivity contribution in [1.82, 2.24) is 0 Å². The number of methoxy groups -OCH3 is 1. The van der Waals surface area contributed by atoms with Crippen molar-refractivity contribution < 1.29 is 14.3 Å². The summed E-state index contributed by atoms with van der Waals surface area (Å²) in [7, 11) is 1.57. The van der Waals surface area contributed by atoms with E-state index in [-0.39, 0.29) is 18.2 Å². The smallest absolute Gasteiger partial charge is 0.332 e. The van der Waals surface area contributed by atoms with Crippen LogP contribution in [0.3, 0.4) is 0 Å². The molecule has 0 saturated heterocycles. The van der Waals surface area contributed by atoms with Crippen molar-refractivity contribution in [2.75, 3.05) is 13.7 Å². The quantitative estimate of drug-likeness (QED) is 0.589. The van der Waals surface area contributed by atoms with Crippen LogP contribution in [-0.4, -0.2) is 25.3 Å². The highest BCUT2D eigenvalue weighted by atomic mass is 16.6. The molecular formula is C18H28O3. The summed E-state index contributed by atoms with van der Waals surface area (Å²) in [6, 6.07) is 0. The van der Waals surface area contributed by atoms with E-state index in [4.69, 9.17) is 9.47 Å². The number of rotatable bonds is 4. The molecule has 3 nitrogen and oxygen atoms in total. The minimum atomic E-state index is -0.202.